The van der Waals surface area contributed by atoms with Crippen molar-refractivity contribution in [1.82, 2.24) is 10.2 Å². The van der Waals surface area contributed by atoms with Gasteiger partial charge in [-0.2, -0.15) is 0 Å². The lowest BCUT2D eigenvalue weighted by atomic mass is 9.77. The van der Waals surface area contributed by atoms with Crippen LogP contribution in [0.1, 0.15) is 50.2 Å². The molecule has 200 valence electrons. The average molecular weight is 507 g/mol. The average Bonchev–Trinajstić information content (AvgIpc) is 3.27. The van der Waals surface area contributed by atoms with Crippen LogP contribution in [0.4, 0.5) is 0 Å². The van der Waals surface area contributed by atoms with Crippen LogP contribution in [0.2, 0.25) is 0 Å². The van der Waals surface area contributed by atoms with E-state index in [2.05, 4.69) is 5.32 Å². The second-order valence-corrected chi connectivity index (χ2v) is 8.90. The van der Waals surface area contributed by atoms with Crippen molar-refractivity contribution in [1.29, 1.82) is 0 Å². The number of nitrogens with zero attached hydrogens (tertiary/aromatic N) is 1. The number of hydrogen-bond acceptors (Lipinski definition) is 8. The Hall–Kier alpha value is -2.66. The van der Waals surface area contributed by atoms with Crippen molar-refractivity contribution < 1.29 is 39.1 Å². The smallest absolute Gasteiger partial charge is 0.247 e. The zero-order chi connectivity index (χ0) is 26.2. The highest BCUT2D eigenvalue weighted by Crippen LogP contribution is 2.51. The van der Waals surface area contributed by atoms with Crippen LogP contribution in [0.5, 0.6) is 11.5 Å². The van der Waals surface area contributed by atoms with Crippen LogP contribution >= 0.6 is 0 Å². The van der Waals surface area contributed by atoms with Gasteiger partial charge in [-0.25, -0.2) is 0 Å². The predicted octanol–water partition coefficient (Wildman–Crippen LogP) is 0.865. The Bertz CT molecular complexity index is 950. The first kappa shape index (κ1) is 27.9. The van der Waals surface area contributed by atoms with Gasteiger partial charge in [0.25, 0.3) is 0 Å². The maximum atomic E-state index is 13.3. The molecule has 2 amide bonds. The highest BCUT2D eigenvalue weighted by atomic mass is 16.5. The van der Waals surface area contributed by atoms with E-state index in [0.717, 1.165) is 0 Å². The Kier molecular flexibility index (Phi) is 10.1. The molecular formula is C26H38N2O8. The van der Waals surface area contributed by atoms with Gasteiger partial charge in [0, 0.05) is 43.9 Å². The fourth-order valence-electron chi connectivity index (χ4n) is 4.90. The van der Waals surface area contributed by atoms with Gasteiger partial charge in [-0.15, -0.1) is 0 Å². The van der Waals surface area contributed by atoms with E-state index in [1.807, 2.05) is 13.8 Å². The highest BCUT2D eigenvalue weighted by molar-refractivity contribution is 5.96. The van der Waals surface area contributed by atoms with Gasteiger partial charge in [0.15, 0.2) is 11.5 Å². The maximum Gasteiger partial charge on any atom is 0.247 e. The lowest BCUT2D eigenvalue weighted by Crippen LogP contribution is -2.56. The first-order chi connectivity index (χ1) is 17.4. The molecule has 4 N–H and O–H groups in total. The van der Waals surface area contributed by atoms with E-state index >= 15 is 0 Å². The second kappa shape index (κ2) is 13.0. The van der Waals surface area contributed by atoms with Crippen LogP contribution in [0, 0.1) is 0 Å². The number of ether oxygens (including phenoxy) is 3. The van der Waals surface area contributed by atoms with Gasteiger partial charge in [0.05, 0.1) is 32.3 Å². The first-order valence-corrected chi connectivity index (χ1v) is 12.6. The van der Waals surface area contributed by atoms with Gasteiger partial charge in [-0.3, -0.25) is 9.59 Å². The summed E-state index contributed by atoms with van der Waals surface area (Å²) in [5.74, 6) is -0.401. The van der Waals surface area contributed by atoms with Crippen molar-refractivity contribution >= 4 is 11.8 Å². The summed E-state index contributed by atoms with van der Waals surface area (Å²) < 4.78 is 17.1. The number of methoxy groups -OCH3 is 1. The fourth-order valence-corrected chi connectivity index (χ4v) is 4.90. The van der Waals surface area contributed by atoms with E-state index in [1.165, 1.54) is 7.11 Å². The largest absolute Gasteiger partial charge is 0.493 e. The third-order valence-electron chi connectivity index (χ3n) is 6.53. The van der Waals surface area contributed by atoms with Crippen molar-refractivity contribution in [2.45, 2.75) is 63.9 Å². The van der Waals surface area contributed by atoms with Crippen LogP contribution in [0.3, 0.4) is 0 Å². The van der Waals surface area contributed by atoms with Gasteiger partial charge in [0.1, 0.15) is 12.2 Å². The minimum absolute atomic E-state index is 0.0569. The van der Waals surface area contributed by atoms with Crippen molar-refractivity contribution in [3.8, 4) is 11.5 Å². The van der Waals surface area contributed by atoms with Crippen molar-refractivity contribution in [2.75, 3.05) is 40.0 Å². The van der Waals surface area contributed by atoms with E-state index in [4.69, 9.17) is 14.2 Å². The van der Waals surface area contributed by atoms with Crippen LogP contribution in [-0.4, -0.2) is 90.3 Å². The van der Waals surface area contributed by atoms with E-state index < -0.39 is 30.1 Å². The lowest BCUT2D eigenvalue weighted by molar-refractivity contribution is -0.137. The molecule has 0 spiro atoms. The molecule has 2 aliphatic rings. The van der Waals surface area contributed by atoms with E-state index in [9.17, 15) is 24.9 Å². The molecule has 1 aromatic carbocycles. The minimum atomic E-state index is -1.12. The molecule has 1 aliphatic carbocycles. The van der Waals surface area contributed by atoms with E-state index in [-0.39, 0.29) is 25.7 Å². The SMILES string of the molecule is CCCC(=O)N(CCCOCC)C1C=C(C(=O)NCCO)C2c3cc(CO)cc(OC)c3OC2C1O. The molecule has 4 atom stereocenters. The molecule has 0 radical (unpaired) electrons. The summed E-state index contributed by atoms with van der Waals surface area (Å²) in [5, 5.41) is 33.2. The van der Waals surface area contributed by atoms with Gasteiger partial charge >= 0.3 is 0 Å². The summed E-state index contributed by atoms with van der Waals surface area (Å²) >= 11 is 0. The number of fused-ring (bicyclic) bond motifs is 3. The number of carbonyl (C=O) groups excluding carboxylic acids is 2. The molecule has 1 heterocycles. The Morgan fingerprint density at radius 1 is 1.22 bits per heavy atom. The zero-order valence-electron chi connectivity index (χ0n) is 21.2. The molecule has 1 aliphatic heterocycles. The second-order valence-electron chi connectivity index (χ2n) is 8.90. The number of amides is 2. The number of benzene rings is 1. The summed E-state index contributed by atoms with van der Waals surface area (Å²) in [6.07, 6.45) is 1.20. The molecule has 3 rings (SSSR count). The third-order valence-corrected chi connectivity index (χ3v) is 6.53. The number of aliphatic hydroxyl groups excluding tert-OH is 3. The highest BCUT2D eigenvalue weighted by Gasteiger charge is 2.51. The Morgan fingerprint density at radius 3 is 2.64 bits per heavy atom. The first-order valence-electron chi connectivity index (χ1n) is 12.6. The molecule has 1 aromatic rings. The molecule has 0 fully saturated rings. The number of carbonyl (C=O) groups is 2. The molecular weight excluding hydrogens is 468 g/mol. The van der Waals surface area contributed by atoms with Crippen LogP contribution in [0.15, 0.2) is 23.8 Å². The fraction of sp³-hybridized carbons (Fsp3) is 0.615. The lowest BCUT2D eigenvalue weighted by Gasteiger charge is -2.40. The molecule has 10 heteroatoms. The molecule has 0 bridgehead atoms. The summed E-state index contributed by atoms with van der Waals surface area (Å²) in [6.45, 7) is 4.79. The van der Waals surface area contributed by atoms with E-state index in [0.29, 0.717) is 67.2 Å². The zero-order valence-corrected chi connectivity index (χ0v) is 21.2. The Labute approximate surface area is 211 Å². The molecule has 36 heavy (non-hydrogen) atoms. The molecule has 0 aromatic heterocycles. The van der Waals surface area contributed by atoms with Crippen molar-refractivity contribution in [2.24, 2.45) is 0 Å². The summed E-state index contributed by atoms with van der Waals surface area (Å²) in [4.78, 5) is 28.0. The summed E-state index contributed by atoms with van der Waals surface area (Å²) in [6, 6.07) is 2.60. The normalized spacial score (nSPS) is 22.2. The standard InChI is InChI=1S/C26H38N2O8/c1-4-7-21(31)28(9-6-11-35-5-2)19-14-18(26(33)27-8-10-29)22-17-12-16(15-30)13-20(34-3)24(17)36-25(22)23(19)32/h12-14,19,22-23,25,29-30,32H,4-11,15H2,1-3H3,(H,27,33). The number of hydrogen-bond donors (Lipinski definition) is 4. The van der Waals surface area contributed by atoms with Crippen LogP contribution in [0.25, 0.3) is 0 Å². The molecule has 10 nitrogen and oxygen atoms in total. The van der Waals surface area contributed by atoms with E-state index in [1.54, 1.807) is 23.1 Å². The quantitative estimate of drug-likeness (QED) is 0.289. The topological polar surface area (TPSA) is 138 Å². The number of rotatable bonds is 13. The number of aliphatic hydroxyl groups is 3. The third kappa shape index (κ3) is 5.83. The van der Waals surface area contributed by atoms with Gasteiger partial charge in [-0.05, 0) is 43.5 Å². The molecule has 0 saturated carbocycles. The predicted molar refractivity (Wildman–Crippen MR) is 132 cm³/mol. The number of nitrogens with one attached hydrogen (secondary N) is 1. The summed E-state index contributed by atoms with van der Waals surface area (Å²) in [7, 11) is 1.48. The van der Waals surface area contributed by atoms with Gasteiger partial charge < -0.3 is 39.7 Å². The van der Waals surface area contributed by atoms with Crippen molar-refractivity contribution in [3.05, 3.63) is 34.9 Å². The van der Waals surface area contributed by atoms with Crippen molar-refractivity contribution in [3.63, 3.8) is 0 Å². The van der Waals surface area contributed by atoms with Crippen LogP contribution in [-0.2, 0) is 20.9 Å². The summed E-state index contributed by atoms with van der Waals surface area (Å²) in [5.41, 5.74) is 1.53. The van der Waals surface area contributed by atoms with Gasteiger partial charge in [-0.1, -0.05) is 6.92 Å². The van der Waals surface area contributed by atoms with Gasteiger partial charge in [0.2, 0.25) is 11.8 Å². The Morgan fingerprint density at radius 2 is 2.00 bits per heavy atom. The maximum absolute atomic E-state index is 13.3. The Balaban J connectivity index is 2.06. The monoisotopic (exact) mass is 506 g/mol. The molecule has 4 unspecified atom stereocenters. The molecule has 0 saturated heterocycles. The minimum Gasteiger partial charge on any atom is -0.493 e. The van der Waals surface area contributed by atoms with Crippen LogP contribution < -0.4 is 14.8 Å².